The molecule has 0 aliphatic heterocycles. The summed E-state index contributed by atoms with van der Waals surface area (Å²) in [5, 5.41) is 1.19. The smallest absolute Gasteiger partial charge is 0.344 e. The standard InChI is InChI=1S/C24H33NO4/c1-16(2)19-12-11-17(3)13-22(19)29-24(27)15-28-23(26)10-6-7-18-14-25-21-9-5-4-8-20(18)21/h4-5,8-9,14,16-17,19,22,25H,6-7,10-13,15H2,1-3H3/t17-,19+,22+/m0/s1. The van der Waals surface area contributed by atoms with E-state index < -0.39 is 5.97 Å². The van der Waals surface area contributed by atoms with Gasteiger partial charge in [0.15, 0.2) is 6.61 Å². The van der Waals surface area contributed by atoms with Crippen molar-refractivity contribution < 1.29 is 19.1 Å². The number of aromatic amines is 1. The Labute approximate surface area is 173 Å². The van der Waals surface area contributed by atoms with E-state index in [-0.39, 0.29) is 18.7 Å². The molecule has 5 heteroatoms. The number of esters is 2. The normalized spacial score (nSPS) is 22.0. The molecule has 0 bridgehead atoms. The summed E-state index contributed by atoms with van der Waals surface area (Å²) < 4.78 is 10.8. The van der Waals surface area contributed by atoms with Crippen LogP contribution >= 0.6 is 0 Å². The van der Waals surface area contributed by atoms with Crippen molar-refractivity contribution in [2.45, 2.75) is 65.4 Å². The first kappa shape index (κ1) is 21.4. The average Bonchev–Trinajstić information content (AvgIpc) is 3.09. The molecule has 1 N–H and O–H groups in total. The largest absolute Gasteiger partial charge is 0.460 e. The first-order valence-electron chi connectivity index (χ1n) is 10.8. The molecule has 1 aromatic carbocycles. The van der Waals surface area contributed by atoms with Crippen LogP contribution in [0.4, 0.5) is 0 Å². The fourth-order valence-corrected chi connectivity index (χ4v) is 4.43. The number of carbonyl (C=O) groups is 2. The van der Waals surface area contributed by atoms with E-state index in [1.807, 2.05) is 24.4 Å². The fourth-order valence-electron chi connectivity index (χ4n) is 4.43. The number of rotatable bonds is 8. The average molecular weight is 400 g/mol. The minimum Gasteiger partial charge on any atom is -0.460 e. The van der Waals surface area contributed by atoms with E-state index in [2.05, 4.69) is 31.8 Å². The minimum atomic E-state index is -0.431. The molecule has 0 amide bonds. The molecule has 1 aliphatic carbocycles. The van der Waals surface area contributed by atoms with Gasteiger partial charge in [-0.3, -0.25) is 4.79 Å². The van der Waals surface area contributed by atoms with E-state index in [1.54, 1.807) is 0 Å². The second-order valence-corrected chi connectivity index (χ2v) is 8.73. The number of ether oxygens (including phenoxy) is 2. The van der Waals surface area contributed by atoms with Gasteiger partial charge in [0.1, 0.15) is 6.10 Å². The Kier molecular flexibility index (Phi) is 7.34. The summed E-state index contributed by atoms with van der Waals surface area (Å²) in [5.41, 5.74) is 2.29. The van der Waals surface area contributed by atoms with Gasteiger partial charge >= 0.3 is 11.9 Å². The lowest BCUT2D eigenvalue weighted by molar-refractivity contribution is -0.167. The molecule has 5 nitrogen and oxygen atoms in total. The summed E-state index contributed by atoms with van der Waals surface area (Å²) >= 11 is 0. The molecule has 3 atom stereocenters. The Morgan fingerprint density at radius 3 is 2.76 bits per heavy atom. The quantitative estimate of drug-likeness (QED) is 0.632. The van der Waals surface area contributed by atoms with Gasteiger partial charge in [0.25, 0.3) is 0 Å². The van der Waals surface area contributed by atoms with Crippen molar-refractivity contribution in [2.24, 2.45) is 17.8 Å². The monoisotopic (exact) mass is 399 g/mol. The highest BCUT2D eigenvalue weighted by Crippen LogP contribution is 2.35. The molecule has 1 aliphatic rings. The minimum absolute atomic E-state index is 0.0631. The molecule has 0 unspecified atom stereocenters. The number of hydrogen-bond acceptors (Lipinski definition) is 4. The third-order valence-corrected chi connectivity index (χ3v) is 6.10. The van der Waals surface area contributed by atoms with E-state index >= 15 is 0 Å². The molecule has 1 saturated carbocycles. The van der Waals surface area contributed by atoms with E-state index in [9.17, 15) is 9.59 Å². The number of para-hydroxylation sites is 1. The lowest BCUT2D eigenvalue weighted by atomic mass is 9.75. The zero-order valence-corrected chi connectivity index (χ0v) is 17.8. The van der Waals surface area contributed by atoms with Crippen molar-refractivity contribution >= 4 is 22.8 Å². The Bertz CT molecular complexity index is 825. The number of aryl methyl sites for hydroxylation is 1. The van der Waals surface area contributed by atoms with Crippen molar-refractivity contribution in [3.8, 4) is 0 Å². The van der Waals surface area contributed by atoms with Crippen LogP contribution in [0.2, 0.25) is 0 Å². The van der Waals surface area contributed by atoms with Gasteiger partial charge in [-0.2, -0.15) is 0 Å². The van der Waals surface area contributed by atoms with E-state index in [4.69, 9.17) is 9.47 Å². The van der Waals surface area contributed by atoms with Gasteiger partial charge in [-0.1, -0.05) is 45.4 Å². The van der Waals surface area contributed by atoms with Crippen LogP contribution in [0.25, 0.3) is 10.9 Å². The summed E-state index contributed by atoms with van der Waals surface area (Å²) in [7, 11) is 0. The molecule has 0 saturated heterocycles. The number of nitrogens with one attached hydrogen (secondary N) is 1. The van der Waals surface area contributed by atoms with Gasteiger partial charge in [0.2, 0.25) is 0 Å². The lowest BCUT2D eigenvalue weighted by Gasteiger charge is -2.36. The van der Waals surface area contributed by atoms with Crippen LogP contribution in [-0.4, -0.2) is 29.6 Å². The van der Waals surface area contributed by atoms with Gasteiger partial charge in [-0.25, -0.2) is 4.79 Å². The zero-order valence-electron chi connectivity index (χ0n) is 17.8. The Balaban J connectivity index is 1.39. The van der Waals surface area contributed by atoms with Crippen LogP contribution < -0.4 is 0 Å². The molecule has 3 rings (SSSR count). The Hall–Kier alpha value is -2.30. The highest BCUT2D eigenvalue weighted by Gasteiger charge is 2.33. The predicted molar refractivity (Wildman–Crippen MR) is 113 cm³/mol. The molecule has 1 heterocycles. The molecule has 29 heavy (non-hydrogen) atoms. The molecular weight excluding hydrogens is 366 g/mol. The van der Waals surface area contributed by atoms with Gasteiger partial charge in [-0.05, 0) is 55.1 Å². The van der Waals surface area contributed by atoms with Gasteiger partial charge in [0.05, 0.1) is 0 Å². The summed E-state index contributed by atoms with van der Waals surface area (Å²) in [4.78, 5) is 27.5. The first-order chi connectivity index (χ1) is 13.9. The highest BCUT2D eigenvalue weighted by molar-refractivity contribution is 5.83. The van der Waals surface area contributed by atoms with Crippen molar-refractivity contribution in [1.82, 2.24) is 4.98 Å². The molecule has 158 valence electrons. The topological polar surface area (TPSA) is 68.4 Å². The van der Waals surface area contributed by atoms with Crippen molar-refractivity contribution in [2.75, 3.05) is 6.61 Å². The number of benzene rings is 1. The van der Waals surface area contributed by atoms with Crippen LogP contribution in [-0.2, 0) is 25.5 Å². The summed E-state index contributed by atoms with van der Waals surface area (Å²) in [6, 6.07) is 8.12. The van der Waals surface area contributed by atoms with Crippen LogP contribution in [0.1, 0.15) is 58.4 Å². The van der Waals surface area contributed by atoms with Gasteiger partial charge < -0.3 is 14.5 Å². The SMILES string of the molecule is CC(C)[C@H]1CC[C@H](C)C[C@H]1OC(=O)COC(=O)CCCc1c[nH]c2ccccc12. The second kappa shape index (κ2) is 9.95. The number of H-pyrrole nitrogens is 1. The zero-order chi connectivity index (χ0) is 20.8. The number of carbonyl (C=O) groups excluding carboxylic acids is 2. The van der Waals surface area contributed by atoms with Crippen molar-refractivity contribution in [1.29, 1.82) is 0 Å². The maximum absolute atomic E-state index is 12.2. The van der Waals surface area contributed by atoms with Crippen LogP contribution in [0.3, 0.4) is 0 Å². The first-order valence-corrected chi connectivity index (χ1v) is 10.8. The Morgan fingerprint density at radius 1 is 1.17 bits per heavy atom. The van der Waals surface area contributed by atoms with E-state index in [0.29, 0.717) is 30.6 Å². The van der Waals surface area contributed by atoms with Gasteiger partial charge in [-0.15, -0.1) is 0 Å². The predicted octanol–water partition coefficient (Wildman–Crippen LogP) is 5.04. The summed E-state index contributed by atoms with van der Waals surface area (Å²) in [6.07, 6.45) is 6.86. The maximum atomic E-state index is 12.2. The van der Waals surface area contributed by atoms with Crippen LogP contribution in [0.5, 0.6) is 0 Å². The fraction of sp³-hybridized carbons (Fsp3) is 0.583. The molecule has 1 aromatic heterocycles. The summed E-state index contributed by atoms with van der Waals surface area (Å²) in [6.45, 7) is 6.26. The van der Waals surface area contributed by atoms with Crippen molar-refractivity contribution in [3.63, 3.8) is 0 Å². The van der Waals surface area contributed by atoms with E-state index in [0.717, 1.165) is 24.8 Å². The van der Waals surface area contributed by atoms with Crippen LogP contribution in [0.15, 0.2) is 30.5 Å². The molecule has 2 aromatic rings. The maximum Gasteiger partial charge on any atom is 0.344 e. The Morgan fingerprint density at radius 2 is 1.97 bits per heavy atom. The third kappa shape index (κ3) is 5.84. The number of fused-ring (bicyclic) bond motifs is 1. The molecular formula is C24H33NO4. The third-order valence-electron chi connectivity index (χ3n) is 6.10. The second-order valence-electron chi connectivity index (χ2n) is 8.73. The van der Waals surface area contributed by atoms with E-state index in [1.165, 1.54) is 17.4 Å². The molecule has 1 fully saturated rings. The lowest BCUT2D eigenvalue weighted by Crippen LogP contribution is -2.36. The molecule has 0 spiro atoms. The van der Waals surface area contributed by atoms with Crippen LogP contribution in [0, 0.1) is 17.8 Å². The molecule has 0 radical (unpaired) electrons. The van der Waals surface area contributed by atoms with Crippen molar-refractivity contribution in [3.05, 3.63) is 36.0 Å². The number of hydrogen-bond donors (Lipinski definition) is 1. The van der Waals surface area contributed by atoms with Gasteiger partial charge in [0, 0.05) is 23.5 Å². The number of aromatic nitrogens is 1. The summed E-state index contributed by atoms with van der Waals surface area (Å²) in [5.74, 6) is 0.656. The highest BCUT2D eigenvalue weighted by atomic mass is 16.6.